The van der Waals surface area contributed by atoms with Crippen LogP contribution in [0.25, 0.3) is 10.8 Å². The zero-order valence-corrected chi connectivity index (χ0v) is 11.1. The van der Waals surface area contributed by atoms with Crippen LogP contribution < -0.4 is 19.7 Å². The monoisotopic (exact) mass is 259 g/mol. The molecular weight excluding hydrogens is 242 g/mol. The summed E-state index contributed by atoms with van der Waals surface area (Å²) in [7, 11) is 3.99. The van der Waals surface area contributed by atoms with E-state index in [1.807, 2.05) is 38.5 Å². The second kappa shape index (κ2) is 4.93. The van der Waals surface area contributed by atoms with Crippen molar-refractivity contribution in [1.82, 2.24) is 10.3 Å². The van der Waals surface area contributed by atoms with Crippen LogP contribution in [-0.4, -0.2) is 39.0 Å². The Morgan fingerprint density at radius 1 is 1.32 bits per heavy atom. The van der Waals surface area contributed by atoms with E-state index in [-0.39, 0.29) is 0 Å². The molecule has 0 bridgehead atoms. The van der Waals surface area contributed by atoms with Crippen LogP contribution in [0.4, 0.5) is 5.82 Å². The number of benzene rings is 1. The fourth-order valence-corrected chi connectivity index (χ4v) is 2.24. The fourth-order valence-electron chi connectivity index (χ4n) is 2.24. The van der Waals surface area contributed by atoms with Crippen LogP contribution in [0.1, 0.15) is 0 Å². The number of likely N-dealkylation sites (N-methyl/N-ethyl adjacent to an activating group) is 2. The molecule has 19 heavy (non-hydrogen) atoms. The first-order valence-electron chi connectivity index (χ1n) is 6.33. The molecule has 1 aromatic heterocycles. The van der Waals surface area contributed by atoms with Gasteiger partial charge in [-0.1, -0.05) is 0 Å². The predicted molar refractivity (Wildman–Crippen MR) is 75.1 cm³/mol. The number of aromatic nitrogens is 1. The van der Waals surface area contributed by atoms with Crippen molar-refractivity contribution in [2.45, 2.75) is 0 Å². The second-order valence-corrected chi connectivity index (χ2v) is 4.59. The van der Waals surface area contributed by atoms with E-state index in [0.717, 1.165) is 41.2 Å². The Balaban J connectivity index is 2.04. The van der Waals surface area contributed by atoms with Crippen LogP contribution in [0.2, 0.25) is 0 Å². The molecule has 0 spiro atoms. The summed E-state index contributed by atoms with van der Waals surface area (Å²) in [6.45, 7) is 2.11. The molecule has 0 saturated carbocycles. The maximum atomic E-state index is 5.44. The van der Waals surface area contributed by atoms with E-state index in [9.17, 15) is 0 Å². The molecule has 100 valence electrons. The van der Waals surface area contributed by atoms with Crippen molar-refractivity contribution >= 4 is 16.6 Å². The summed E-state index contributed by atoms with van der Waals surface area (Å²) in [5.41, 5.74) is 0. The standard InChI is InChI=1S/C14H17N3O2/c1-15-5-6-17(2)14-11-8-13-12(18-9-19-13)7-10(11)3-4-16-14/h3-4,7-8,15H,5-6,9H2,1-2H3. The molecular formula is C14H17N3O2. The van der Waals surface area contributed by atoms with Crippen molar-refractivity contribution in [1.29, 1.82) is 0 Å². The average molecular weight is 259 g/mol. The van der Waals surface area contributed by atoms with Gasteiger partial charge in [-0.15, -0.1) is 0 Å². The summed E-state index contributed by atoms with van der Waals surface area (Å²) >= 11 is 0. The van der Waals surface area contributed by atoms with Gasteiger partial charge in [-0.3, -0.25) is 0 Å². The maximum absolute atomic E-state index is 5.44. The number of anilines is 1. The highest BCUT2D eigenvalue weighted by atomic mass is 16.7. The minimum atomic E-state index is 0.296. The molecule has 1 N–H and O–H groups in total. The van der Waals surface area contributed by atoms with E-state index in [4.69, 9.17) is 9.47 Å². The number of rotatable bonds is 4. The van der Waals surface area contributed by atoms with E-state index in [0.29, 0.717) is 6.79 Å². The lowest BCUT2D eigenvalue weighted by Gasteiger charge is -2.19. The molecule has 0 amide bonds. The highest BCUT2D eigenvalue weighted by Crippen LogP contribution is 2.38. The lowest BCUT2D eigenvalue weighted by molar-refractivity contribution is 0.174. The van der Waals surface area contributed by atoms with E-state index < -0.39 is 0 Å². The molecule has 5 nitrogen and oxygen atoms in total. The third kappa shape index (κ3) is 2.17. The van der Waals surface area contributed by atoms with Crippen molar-refractivity contribution in [2.24, 2.45) is 0 Å². The lowest BCUT2D eigenvalue weighted by Crippen LogP contribution is -2.27. The third-order valence-corrected chi connectivity index (χ3v) is 3.30. The van der Waals surface area contributed by atoms with Crippen LogP contribution in [-0.2, 0) is 0 Å². The number of nitrogens with zero attached hydrogens (tertiary/aromatic N) is 2. The van der Waals surface area contributed by atoms with Gasteiger partial charge in [0.15, 0.2) is 11.5 Å². The SMILES string of the molecule is CNCCN(C)c1nccc2cc3c(cc12)OCO3. The molecule has 1 aliphatic heterocycles. The smallest absolute Gasteiger partial charge is 0.231 e. The Hall–Kier alpha value is -2.01. The van der Waals surface area contributed by atoms with E-state index >= 15 is 0 Å². The maximum Gasteiger partial charge on any atom is 0.231 e. The van der Waals surface area contributed by atoms with Gasteiger partial charge in [-0.05, 0) is 30.6 Å². The molecule has 2 aromatic rings. The fraction of sp³-hybridized carbons (Fsp3) is 0.357. The van der Waals surface area contributed by atoms with Crippen molar-refractivity contribution in [3.8, 4) is 11.5 Å². The van der Waals surface area contributed by atoms with Crippen molar-refractivity contribution in [2.75, 3.05) is 38.9 Å². The number of nitrogens with one attached hydrogen (secondary N) is 1. The molecule has 2 heterocycles. The summed E-state index contributed by atoms with van der Waals surface area (Å²) in [5.74, 6) is 2.57. The molecule has 0 fully saturated rings. The third-order valence-electron chi connectivity index (χ3n) is 3.30. The number of ether oxygens (including phenoxy) is 2. The van der Waals surface area contributed by atoms with Crippen LogP contribution in [0.3, 0.4) is 0 Å². The number of hydrogen-bond donors (Lipinski definition) is 1. The Morgan fingerprint density at radius 2 is 2.11 bits per heavy atom. The Kier molecular flexibility index (Phi) is 3.13. The van der Waals surface area contributed by atoms with Crippen LogP contribution in [0.15, 0.2) is 24.4 Å². The number of pyridine rings is 1. The molecule has 1 aromatic carbocycles. The molecule has 0 radical (unpaired) electrons. The van der Waals surface area contributed by atoms with E-state index in [2.05, 4.69) is 15.2 Å². The van der Waals surface area contributed by atoms with E-state index in [1.54, 1.807) is 0 Å². The molecule has 0 saturated heterocycles. The molecule has 3 rings (SSSR count). The summed E-state index contributed by atoms with van der Waals surface area (Å²) in [6, 6.07) is 6.01. The van der Waals surface area contributed by atoms with Crippen molar-refractivity contribution < 1.29 is 9.47 Å². The van der Waals surface area contributed by atoms with E-state index in [1.165, 1.54) is 0 Å². The minimum Gasteiger partial charge on any atom is -0.454 e. The van der Waals surface area contributed by atoms with Gasteiger partial charge in [0, 0.05) is 31.7 Å². The summed E-state index contributed by atoms with van der Waals surface area (Å²) in [6.07, 6.45) is 1.83. The lowest BCUT2D eigenvalue weighted by atomic mass is 10.1. The predicted octanol–water partition coefficient (Wildman–Crippen LogP) is 1.62. The first kappa shape index (κ1) is 12.0. The first-order chi connectivity index (χ1) is 9.29. The minimum absolute atomic E-state index is 0.296. The van der Waals surface area contributed by atoms with Gasteiger partial charge in [-0.25, -0.2) is 4.98 Å². The largest absolute Gasteiger partial charge is 0.454 e. The Labute approximate surface area is 112 Å². The van der Waals surface area contributed by atoms with Gasteiger partial charge in [0.05, 0.1) is 0 Å². The van der Waals surface area contributed by atoms with Gasteiger partial charge in [-0.2, -0.15) is 0 Å². The summed E-state index contributed by atoms with van der Waals surface area (Å²) < 4.78 is 10.8. The molecule has 5 heteroatoms. The van der Waals surface area contributed by atoms with Gasteiger partial charge < -0.3 is 19.7 Å². The summed E-state index contributed by atoms with van der Waals surface area (Å²) in [5, 5.41) is 5.35. The molecule has 1 aliphatic rings. The highest BCUT2D eigenvalue weighted by Gasteiger charge is 2.16. The van der Waals surface area contributed by atoms with Gasteiger partial charge in [0.1, 0.15) is 5.82 Å². The summed E-state index contributed by atoms with van der Waals surface area (Å²) in [4.78, 5) is 6.63. The molecule has 0 aliphatic carbocycles. The Bertz CT molecular complexity index is 601. The normalized spacial score (nSPS) is 12.9. The zero-order valence-electron chi connectivity index (χ0n) is 11.1. The number of fused-ring (bicyclic) bond motifs is 2. The van der Waals surface area contributed by atoms with Crippen molar-refractivity contribution in [3.63, 3.8) is 0 Å². The van der Waals surface area contributed by atoms with Crippen LogP contribution >= 0.6 is 0 Å². The highest BCUT2D eigenvalue weighted by molar-refractivity contribution is 5.94. The first-order valence-corrected chi connectivity index (χ1v) is 6.33. The molecule has 0 unspecified atom stereocenters. The van der Waals surface area contributed by atoms with Crippen LogP contribution in [0, 0.1) is 0 Å². The topological polar surface area (TPSA) is 46.6 Å². The second-order valence-electron chi connectivity index (χ2n) is 4.59. The van der Waals surface area contributed by atoms with Gasteiger partial charge in [0.25, 0.3) is 0 Å². The quantitative estimate of drug-likeness (QED) is 0.904. The molecule has 0 atom stereocenters. The van der Waals surface area contributed by atoms with Gasteiger partial charge in [0.2, 0.25) is 6.79 Å². The average Bonchev–Trinajstić information content (AvgIpc) is 2.88. The Morgan fingerprint density at radius 3 is 2.89 bits per heavy atom. The van der Waals surface area contributed by atoms with Gasteiger partial charge >= 0.3 is 0 Å². The zero-order chi connectivity index (χ0) is 13.2. The van der Waals surface area contributed by atoms with Crippen molar-refractivity contribution in [3.05, 3.63) is 24.4 Å². The number of hydrogen-bond acceptors (Lipinski definition) is 5. The van der Waals surface area contributed by atoms with Crippen LogP contribution in [0.5, 0.6) is 11.5 Å².